The van der Waals surface area contributed by atoms with E-state index in [1.807, 2.05) is 51.1 Å². The molecule has 2 heterocycles. The Bertz CT molecular complexity index is 1210. The molecule has 1 aliphatic rings. The zero-order valence-electron chi connectivity index (χ0n) is 24.1. The van der Waals surface area contributed by atoms with Crippen molar-refractivity contribution in [3.05, 3.63) is 53.9 Å². The molecule has 0 saturated heterocycles. The van der Waals surface area contributed by atoms with Crippen LogP contribution in [0.25, 0.3) is 0 Å². The fourth-order valence-corrected chi connectivity index (χ4v) is 4.68. The molecule has 0 spiro atoms. The first-order valence-electron chi connectivity index (χ1n) is 13.3. The lowest BCUT2D eigenvalue weighted by molar-refractivity contribution is -0.133. The Morgan fingerprint density at radius 1 is 1.18 bits per heavy atom. The van der Waals surface area contributed by atoms with Crippen LogP contribution in [-0.2, 0) is 32.1 Å². The van der Waals surface area contributed by atoms with Gasteiger partial charge in [0.1, 0.15) is 12.1 Å². The van der Waals surface area contributed by atoms with Gasteiger partial charge < -0.3 is 26.2 Å². The molecule has 1 unspecified atom stereocenters. The van der Waals surface area contributed by atoms with Crippen LogP contribution in [0.3, 0.4) is 0 Å². The lowest BCUT2D eigenvalue weighted by Crippen LogP contribution is -2.59. The number of hydrogen-bond acceptors (Lipinski definition) is 6. The highest BCUT2D eigenvalue weighted by molar-refractivity contribution is 6.07. The molecule has 0 saturated carbocycles. The van der Waals surface area contributed by atoms with Gasteiger partial charge >= 0.3 is 0 Å². The SMILES string of the molecule is CCN(C(C)=O)c1cccc2c1N(Cc1ccccn1)C(=O)C(NC(=O)[C@@H](CC(C)C)NC(=O)C(C)(C)N)C2.Cl. The minimum Gasteiger partial charge on any atom is -0.343 e. The zero-order chi connectivity index (χ0) is 28.9. The molecule has 0 radical (unpaired) electrons. The number of aromatic nitrogens is 1. The first-order valence-corrected chi connectivity index (χ1v) is 13.3. The zero-order valence-corrected chi connectivity index (χ0v) is 24.9. The number of rotatable bonds is 10. The molecule has 2 aromatic rings. The molecular weight excluding hydrogens is 532 g/mol. The summed E-state index contributed by atoms with van der Waals surface area (Å²) in [6.07, 6.45) is 2.28. The third kappa shape index (κ3) is 7.79. The van der Waals surface area contributed by atoms with Crippen molar-refractivity contribution in [1.29, 1.82) is 0 Å². The summed E-state index contributed by atoms with van der Waals surface area (Å²) in [5.41, 5.74) is 7.53. The Kier molecular flexibility index (Phi) is 11.2. The molecular formula is C29H41ClN6O4. The highest BCUT2D eigenvalue weighted by Crippen LogP contribution is 2.38. The van der Waals surface area contributed by atoms with Gasteiger partial charge in [-0.05, 0) is 56.9 Å². The number of nitrogens with one attached hydrogen (secondary N) is 2. The number of carbonyl (C=O) groups excluding carboxylic acids is 4. The second kappa shape index (κ2) is 13.7. The van der Waals surface area contributed by atoms with Crippen LogP contribution in [0, 0.1) is 5.92 Å². The molecule has 3 rings (SSSR count). The van der Waals surface area contributed by atoms with Gasteiger partial charge in [0.2, 0.25) is 23.6 Å². The molecule has 40 heavy (non-hydrogen) atoms. The Labute approximate surface area is 242 Å². The topological polar surface area (TPSA) is 138 Å². The standard InChI is InChI=1S/C29H40N6O4.ClH/c1-7-34(19(4)36)24-13-10-11-20-16-23(27(38)35(25(20)24)17-21-12-8-9-14-31-21)32-26(37)22(15-18(2)3)33-28(39)29(5,6)30;/h8-14,18,22-23H,7,15-17,30H2,1-6H3,(H,32,37)(H,33,39);1H/t22-,23?;/m1./s1. The second-order valence-corrected chi connectivity index (χ2v) is 10.9. The monoisotopic (exact) mass is 572 g/mol. The summed E-state index contributed by atoms with van der Waals surface area (Å²) in [7, 11) is 0. The van der Waals surface area contributed by atoms with Gasteiger partial charge in [0.15, 0.2) is 0 Å². The van der Waals surface area contributed by atoms with E-state index in [2.05, 4.69) is 15.6 Å². The van der Waals surface area contributed by atoms with Gasteiger partial charge in [-0.25, -0.2) is 0 Å². The van der Waals surface area contributed by atoms with Crippen molar-refractivity contribution >= 4 is 47.4 Å². The maximum absolute atomic E-state index is 14.0. The minimum absolute atomic E-state index is 0. The number of carbonyl (C=O) groups is 4. The predicted molar refractivity (Wildman–Crippen MR) is 158 cm³/mol. The van der Waals surface area contributed by atoms with Crippen LogP contribution in [0.5, 0.6) is 0 Å². The van der Waals surface area contributed by atoms with Gasteiger partial charge in [0, 0.05) is 26.1 Å². The van der Waals surface area contributed by atoms with Crippen LogP contribution >= 0.6 is 12.4 Å². The van der Waals surface area contributed by atoms with Crippen LogP contribution in [0.2, 0.25) is 0 Å². The number of hydrogen-bond donors (Lipinski definition) is 3. The normalized spacial score (nSPS) is 15.6. The number of nitrogens with two attached hydrogens (primary N) is 1. The lowest BCUT2D eigenvalue weighted by atomic mass is 9.94. The van der Waals surface area contributed by atoms with E-state index < -0.39 is 29.4 Å². The van der Waals surface area contributed by atoms with E-state index in [-0.39, 0.29) is 43.1 Å². The van der Waals surface area contributed by atoms with Crippen LogP contribution in [-0.4, -0.2) is 52.8 Å². The Morgan fingerprint density at radius 3 is 2.42 bits per heavy atom. The first kappa shape index (κ1) is 32.7. The Balaban J connectivity index is 0.00000560. The van der Waals surface area contributed by atoms with Crippen LogP contribution in [0.4, 0.5) is 11.4 Å². The van der Waals surface area contributed by atoms with Crippen LogP contribution in [0.15, 0.2) is 42.6 Å². The largest absolute Gasteiger partial charge is 0.343 e. The van der Waals surface area contributed by atoms with Crippen molar-refractivity contribution in [1.82, 2.24) is 15.6 Å². The van der Waals surface area contributed by atoms with E-state index in [0.29, 0.717) is 30.0 Å². The van der Waals surface area contributed by atoms with E-state index in [4.69, 9.17) is 5.73 Å². The highest BCUT2D eigenvalue weighted by Gasteiger charge is 2.38. The third-order valence-electron chi connectivity index (χ3n) is 6.62. The summed E-state index contributed by atoms with van der Waals surface area (Å²) in [4.78, 5) is 60.0. The van der Waals surface area contributed by atoms with Crippen molar-refractivity contribution in [2.24, 2.45) is 11.7 Å². The van der Waals surface area contributed by atoms with Gasteiger partial charge in [0.05, 0.1) is 29.2 Å². The van der Waals surface area contributed by atoms with E-state index >= 15 is 0 Å². The molecule has 218 valence electrons. The van der Waals surface area contributed by atoms with Crippen molar-refractivity contribution in [2.75, 3.05) is 16.3 Å². The third-order valence-corrected chi connectivity index (χ3v) is 6.62. The fourth-order valence-electron chi connectivity index (χ4n) is 4.68. The van der Waals surface area contributed by atoms with Gasteiger partial charge in [-0.3, -0.25) is 24.2 Å². The number of pyridine rings is 1. The quantitative estimate of drug-likeness (QED) is 0.400. The number of halogens is 1. The molecule has 0 aliphatic carbocycles. The van der Waals surface area contributed by atoms with E-state index in [0.717, 1.165) is 5.56 Å². The van der Waals surface area contributed by atoms with Gasteiger partial charge in [-0.1, -0.05) is 32.0 Å². The molecule has 0 fully saturated rings. The Morgan fingerprint density at radius 2 is 1.88 bits per heavy atom. The van der Waals surface area contributed by atoms with Crippen molar-refractivity contribution in [2.45, 2.75) is 78.6 Å². The predicted octanol–water partition coefficient (Wildman–Crippen LogP) is 2.72. The first-order chi connectivity index (χ1) is 18.3. The lowest BCUT2D eigenvalue weighted by Gasteiger charge is -2.38. The second-order valence-electron chi connectivity index (χ2n) is 10.9. The summed E-state index contributed by atoms with van der Waals surface area (Å²) < 4.78 is 0. The molecule has 11 heteroatoms. The van der Waals surface area contributed by atoms with E-state index in [9.17, 15) is 19.2 Å². The Hall–Kier alpha value is -3.50. The molecule has 0 bridgehead atoms. The van der Waals surface area contributed by atoms with Crippen molar-refractivity contribution in [3.8, 4) is 0 Å². The molecule has 2 atom stereocenters. The van der Waals surface area contributed by atoms with Crippen LogP contribution < -0.4 is 26.2 Å². The molecule has 4 amide bonds. The van der Waals surface area contributed by atoms with Gasteiger partial charge in [0.25, 0.3) is 0 Å². The number of amides is 4. The van der Waals surface area contributed by atoms with Crippen molar-refractivity contribution in [3.63, 3.8) is 0 Å². The number of anilines is 2. The number of nitrogens with zero attached hydrogens (tertiary/aromatic N) is 3. The number of para-hydroxylation sites is 1. The van der Waals surface area contributed by atoms with Crippen molar-refractivity contribution < 1.29 is 19.2 Å². The summed E-state index contributed by atoms with van der Waals surface area (Å²) in [5, 5.41) is 5.64. The summed E-state index contributed by atoms with van der Waals surface area (Å²) in [5.74, 6) is -1.24. The van der Waals surface area contributed by atoms with Gasteiger partial charge in [-0.2, -0.15) is 0 Å². The van der Waals surface area contributed by atoms with E-state index in [1.54, 1.807) is 35.9 Å². The minimum atomic E-state index is -1.16. The molecule has 1 aromatic heterocycles. The van der Waals surface area contributed by atoms with Gasteiger partial charge in [-0.15, -0.1) is 12.4 Å². The fraction of sp³-hybridized carbons (Fsp3) is 0.483. The average Bonchev–Trinajstić information content (AvgIpc) is 2.86. The van der Waals surface area contributed by atoms with E-state index in [1.165, 1.54) is 6.92 Å². The maximum atomic E-state index is 14.0. The highest BCUT2D eigenvalue weighted by atomic mass is 35.5. The summed E-state index contributed by atoms with van der Waals surface area (Å²) >= 11 is 0. The number of fused-ring (bicyclic) bond motifs is 1. The number of benzene rings is 1. The summed E-state index contributed by atoms with van der Waals surface area (Å²) in [6.45, 7) is 11.0. The molecule has 1 aliphatic heterocycles. The van der Waals surface area contributed by atoms with Crippen LogP contribution in [0.1, 0.15) is 59.2 Å². The molecule has 4 N–H and O–H groups in total. The maximum Gasteiger partial charge on any atom is 0.250 e. The molecule has 1 aromatic carbocycles. The average molecular weight is 573 g/mol. The molecule has 10 nitrogen and oxygen atoms in total. The summed E-state index contributed by atoms with van der Waals surface area (Å²) in [6, 6.07) is 9.31. The smallest absolute Gasteiger partial charge is 0.250 e.